The van der Waals surface area contributed by atoms with Crippen molar-refractivity contribution in [1.29, 1.82) is 0 Å². The van der Waals surface area contributed by atoms with E-state index in [0.717, 1.165) is 17.1 Å². The number of nitrogens with zero attached hydrogens (tertiary/aromatic N) is 1. The number of piperidine rings is 1. The molecule has 0 unspecified atom stereocenters. The van der Waals surface area contributed by atoms with Crippen LogP contribution in [0.4, 0.5) is 0 Å². The van der Waals surface area contributed by atoms with E-state index in [2.05, 4.69) is 45.3 Å². The minimum Gasteiger partial charge on any atom is -0.316 e. The van der Waals surface area contributed by atoms with Crippen molar-refractivity contribution in [2.75, 3.05) is 13.1 Å². The van der Waals surface area contributed by atoms with Crippen molar-refractivity contribution in [2.45, 2.75) is 26.2 Å². The molecule has 1 aliphatic heterocycles. The molecular formula is C15H19BrN2. The van der Waals surface area contributed by atoms with Gasteiger partial charge in [-0.1, -0.05) is 6.08 Å². The molecule has 0 radical (unpaired) electrons. The summed E-state index contributed by atoms with van der Waals surface area (Å²) >= 11 is 3.48. The molecule has 1 saturated heterocycles. The van der Waals surface area contributed by atoms with Crippen LogP contribution in [-0.4, -0.2) is 18.1 Å². The zero-order valence-electron chi connectivity index (χ0n) is 10.7. The molecule has 0 aromatic carbocycles. The lowest BCUT2D eigenvalue weighted by Crippen LogP contribution is -2.38. The number of aromatic nitrogens is 1. The molecule has 2 heterocycles. The molecule has 0 bridgehead atoms. The number of hydrogen-bond donors (Lipinski definition) is 1. The van der Waals surface area contributed by atoms with Gasteiger partial charge in [0.2, 0.25) is 0 Å². The van der Waals surface area contributed by atoms with Crippen LogP contribution >= 0.6 is 15.9 Å². The molecule has 2 nitrogen and oxygen atoms in total. The van der Waals surface area contributed by atoms with Crippen LogP contribution in [0.15, 0.2) is 22.9 Å². The van der Waals surface area contributed by atoms with E-state index >= 15 is 0 Å². The Morgan fingerprint density at radius 1 is 1.39 bits per heavy atom. The molecular weight excluding hydrogens is 288 g/mol. The SMILES string of the molecule is Cc1cc(C2=CCC[C@H]3CCNC[C@@H]23)cnc1Br. The van der Waals surface area contributed by atoms with Crippen molar-refractivity contribution in [2.24, 2.45) is 11.8 Å². The minimum atomic E-state index is 0.690. The van der Waals surface area contributed by atoms with Gasteiger partial charge in [-0.15, -0.1) is 0 Å². The molecule has 2 atom stereocenters. The third-order valence-corrected chi connectivity index (χ3v) is 5.10. The summed E-state index contributed by atoms with van der Waals surface area (Å²) in [5.41, 5.74) is 4.05. The molecule has 96 valence electrons. The molecule has 1 N–H and O–H groups in total. The van der Waals surface area contributed by atoms with Crippen LogP contribution in [0, 0.1) is 18.8 Å². The number of aryl methyl sites for hydroxylation is 1. The van der Waals surface area contributed by atoms with Crippen LogP contribution in [0.2, 0.25) is 0 Å². The monoisotopic (exact) mass is 306 g/mol. The zero-order valence-corrected chi connectivity index (χ0v) is 12.3. The molecule has 18 heavy (non-hydrogen) atoms. The van der Waals surface area contributed by atoms with Crippen molar-refractivity contribution < 1.29 is 0 Å². The molecule has 1 aromatic rings. The highest BCUT2D eigenvalue weighted by Gasteiger charge is 2.30. The standard InChI is InChI=1S/C15H19BrN2/c1-10-7-12(8-18-15(10)16)13-4-2-3-11-5-6-17-9-14(11)13/h4,7-8,11,14,17H,2-3,5-6,9H2,1H3/t11-,14+/m0/s1. The van der Waals surface area contributed by atoms with Crippen LogP contribution in [0.3, 0.4) is 0 Å². The van der Waals surface area contributed by atoms with Gasteiger partial charge in [0, 0.05) is 12.7 Å². The molecule has 1 aromatic heterocycles. The molecule has 1 fully saturated rings. The second-order valence-electron chi connectivity index (χ2n) is 5.43. The summed E-state index contributed by atoms with van der Waals surface area (Å²) in [6, 6.07) is 2.26. The average Bonchev–Trinajstić information content (AvgIpc) is 2.41. The molecule has 0 amide bonds. The predicted molar refractivity (Wildman–Crippen MR) is 78.4 cm³/mol. The summed E-state index contributed by atoms with van der Waals surface area (Å²) in [6.45, 7) is 4.43. The largest absolute Gasteiger partial charge is 0.316 e. The fourth-order valence-corrected chi connectivity index (χ4v) is 3.49. The number of hydrogen-bond acceptors (Lipinski definition) is 2. The first-order valence-electron chi connectivity index (χ1n) is 6.79. The summed E-state index contributed by atoms with van der Waals surface area (Å²) < 4.78 is 0.959. The number of rotatable bonds is 1. The Morgan fingerprint density at radius 2 is 2.28 bits per heavy atom. The van der Waals surface area contributed by atoms with Crippen LogP contribution < -0.4 is 5.32 Å². The number of nitrogens with one attached hydrogen (secondary N) is 1. The highest BCUT2D eigenvalue weighted by molar-refractivity contribution is 9.10. The first kappa shape index (κ1) is 12.4. The normalized spacial score (nSPS) is 27.6. The third-order valence-electron chi connectivity index (χ3n) is 4.27. The Balaban J connectivity index is 1.94. The van der Waals surface area contributed by atoms with Gasteiger partial charge in [0.05, 0.1) is 0 Å². The van der Waals surface area contributed by atoms with E-state index in [1.54, 1.807) is 0 Å². The zero-order chi connectivity index (χ0) is 12.5. The van der Waals surface area contributed by atoms with Crippen molar-refractivity contribution in [3.8, 4) is 0 Å². The van der Waals surface area contributed by atoms with E-state index in [1.807, 2.05) is 6.20 Å². The van der Waals surface area contributed by atoms with Crippen LogP contribution in [0.25, 0.3) is 5.57 Å². The highest BCUT2D eigenvalue weighted by Crippen LogP contribution is 2.39. The fraction of sp³-hybridized carbons (Fsp3) is 0.533. The summed E-state index contributed by atoms with van der Waals surface area (Å²) in [6.07, 6.45) is 8.35. The van der Waals surface area contributed by atoms with Gasteiger partial charge in [0.1, 0.15) is 4.60 Å². The lowest BCUT2D eigenvalue weighted by Gasteiger charge is -2.37. The van der Waals surface area contributed by atoms with Crippen molar-refractivity contribution in [3.05, 3.63) is 34.1 Å². The van der Waals surface area contributed by atoms with Gasteiger partial charge in [0.25, 0.3) is 0 Å². The maximum atomic E-state index is 4.45. The third kappa shape index (κ3) is 2.26. The minimum absolute atomic E-state index is 0.690. The molecule has 0 spiro atoms. The smallest absolute Gasteiger partial charge is 0.109 e. The first-order valence-corrected chi connectivity index (χ1v) is 7.58. The van der Waals surface area contributed by atoms with Gasteiger partial charge in [-0.05, 0) is 83.3 Å². The van der Waals surface area contributed by atoms with E-state index < -0.39 is 0 Å². The Kier molecular flexibility index (Phi) is 3.53. The van der Waals surface area contributed by atoms with Gasteiger partial charge in [-0.2, -0.15) is 0 Å². The lowest BCUT2D eigenvalue weighted by atomic mass is 9.73. The number of allylic oxidation sites excluding steroid dienone is 1. The van der Waals surface area contributed by atoms with Crippen LogP contribution in [-0.2, 0) is 0 Å². The number of halogens is 1. The fourth-order valence-electron chi connectivity index (χ4n) is 3.27. The Bertz CT molecular complexity index is 481. The van der Waals surface area contributed by atoms with E-state index in [9.17, 15) is 0 Å². The van der Waals surface area contributed by atoms with Crippen LogP contribution in [0.5, 0.6) is 0 Å². The second-order valence-corrected chi connectivity index (χ2v) is 6.18. The van der Waals surface area contributed by atoms with Gasteiger partial charge in [-0.3, -0.25) is 0 Å². The molecule has 0 saturated carbocycles. The van der Waals surface area contributed by atoms with Crippen molar-refractivity contribution in [3.63, 3.8) is 0 Å². The maximum Gasteiger partial charge on any atom is 0.109 e. The maximum absolute atomic E-state index is 4.45. The van der Waals surface area contributed by atoms with E-state index in [0.29, 0.717) is 5.92 Å². The van der Waals surface area contributed by atoms with Gasteiger partial charge < -0.3 is 5.32 Å². The predicted octanol–water partition coefficient (Wildman–Crippen LogP) is 3.56. The molecule has 2 aliphatic rings. The highest BCUT2D eigenvalue weighted by atomic mass is 79.9. The Hall–Kier alpha value is -0.670. The van der Waals surface area contributed by atoms with Gasteiger partial charge in [-0.25, -0.2) is 4.98 Å². The van der Waals surface area contributed by atoms with Crippen molar-refractivity contribution >= 4 is 21.5 Å². The average molecular weight is 307 g/mol. The topological polar surface area (TPSA) is 24.9 Å². The lowest BCUT2D eigenvalue weighted by molar-refractivity contribution is 0.285. The van der Waals surface area contributed by atoms with Gasteiger partial charge >= 0.3 is 0 Å². The summed E-state index contributed by atoms with van der Waals surface area (Å²) in [5, 5.41) is 3.54. The first-order chi connectivity index (χ1) is 8.75. The summed E-state index contributed by atoms with van der Waals surface area (Å²) in [5.74, 6) is 1.56. The van der Waals surface area contributed by atoms with Gasteiger partial charge in [0.15, 0.2) is 0 Å². The Labute approximate surface area is 117 Å². The Morgan fingerprint density at radius 3 is 3.11 bits per heavy atom. The molecule has 1 aliphatic carbocycles. The summed E-state index contributed by atoms with van der Waals surface area (Å²) in [4.78, 5) is 4.45. The number of fused-ring (bicyclic) bond motifs is 1. The van der Waals surface area contributed by atoms with Crippen molar-refractivity contribution in [1.82, 2.24) is 10.3 Å². The summed E-state index contributed by atoms with van der Waals surface area (Å²) in [7, 11) is 0. The molecule has 3 heteroatoms. The van der Waals surface area contributed by atoms with E-state index in [1.165, 1.54) is 42.5 Å². The second kappa shape index (κ2) is 5.14. The molecule has 3 rings (SSSR count). The quantitative estimate of drug-likeness (QED) is 0.803. The number of pyridine rings is 1. The van der Waals surface area contributed by atoms with E-state index in [-0.39, 0.29) is 0 Å². The van der Waals surface area contributed by atoms with Crippen LogP contribution in [0.1, 0.15) is 30.4 Å². The van der Waals surface area contributed by atoms with E-state index in [4.69, 9.17) is 0 Å².